The van der Waals surface area contributed by atoms with E-state index < -0.39 is 5.54 Å². The summed E-state index contributed by atoms with van der Waals surface area (Å²) in [5, 5.41) is 21.9. The van der Waals surface area contributed by atoms with Crippen LogP contribution in [0.1, 0.15) is 17.8 Å². The second kappa shape index (κ2) is 5.30. The van der Waals surface area contributed by atoms with Gasteiger partial charge in [0.05, 0.1) is 6.07 Å². The highest BCUT2D eigenvalue weighted by atomic mass is 15.3. The molecule has 0 fully saturated rings. The van der Waals surface area contributed by atoms with Crippen molar-refractivity contribution in [2.75, 3.05) is 0 Å². The molecule has 19 heavy (non-hydrogen) atoms. The molecule has 0 amide bonds. The summed E-state index contributed by atoms with van der Waals surface area (Å²) in [5.74, 6) is 0.110. The van der Waals surface area contributed by atoms with Crippen LogP contribution in [0.5, 0.6) is 0 Å². The summed E-state index contributed by atoms with van der Waals surface area (Å²) < 4.78 is 1.51. The molecule has 0 bridgehead atoms. The van der Waals surface area contributed by atoms with Crippen molar-refractivity contribution in [1.82, 2.24) is 14.8 Å². The van der Waals surface area contributed by atoms with Gasteiger partial charge in [0.15, 0.2) is 0 Å². The number of hydrogen-bond acceptors (Lipinski definition) is 5. The standard InChI is InChI=1S/C13H12N6/c14-8-12-17-10-19(18-12)7-6-13(16,9-15)11-4-2-1-3-5-11/h1-5,10H,6-7,16H2. The van der Waals surface area contributed by atoms with Gasteiger partial charge in [0.25, 0.3) is 5.82 Å². The van der Waals surface area contributed by atoms with Crippen LogP contribution in [-0.2, 0) is 12.1 Å². The third kappa shape index (κ3) is 2.76. The number of benzene rings is 1. The zero-order chi connectivity index (χ0) is 13.7. The second-order valence-electron chi connectivity index (χ2n) is 4.14. The van der Waals surface area contributed by atoms with Crippen LogP contribution in [0, 0.1) is 22.7 Å². The largest absolute Gasteiger partial charge is 0.310 e. The molecule has 6 nitrogen and oxygen atoms in total. The van der Waals surface area contributed by atoms with E-state index in [1.54, 1.807) is 0 Å². The van der Waals surface area contributed by atoms with E-state index in [2.05, 4.69) is 16.2 Å². The minimum absolute atomic E-state index is 0.110. The normalized spacial score (nSPS) is 13.2. The summed E-state index contributed by atoms with van der Waals surface area (Å²) in [6, 6.07) is 13.2. The summed E-state index contributed by atoms with van der Waals surface area (Å²) in [6.07, 6.45) is 1.85. The highest BCUT2D eigenvalue weighted by Gasteiger charge is 2.26. The first-order chi connectivity index (χ1) is 9.18. The van der Waals surface area contributed by atoms with E-state index in [1.165, 1.54) is 11.0 Å². The molecule has 2 aromatic rings. The summed E-state index contributed by atoms with van der Waals surface area (Å²) in [5.41, 5.74) is 5.81. The Bertz CT molecular complexity index is 633. The number of nitriles is 2. The molecule has 1 heterocycles. The van der Waals surface area contributed by atoms with Crippen LogP contribution in [0.4, 0.5) is 0 Å². The first-order valence-electron chi connectivity index (χ1n) is 5.73. The third-order valence-corrected chi connectivity index (χ3v) is 2.86. The van der Waals surface area contributed by atoms with Crippen molar-refractivity contribution in [1.29, 1.82) is 10.5 Å². The molecule has 1 atom stereocenters. The van der Waals surface area contributed by atoms with Crippen molar-refractivity contribution < 1.29 is 0 Å². The van der Waals surface area contributed by atoms with Crippen LogP contribution >= 0.6 is 0 Å². The molecule has 1 aromatic carbocycles. The first kappa shape index (κ1) is 12.7. The minimum atomic E-state index is -1.07. The molecular formula is C13H12N6. The zero-order valence-corrected chi connectivity index (χ0v) is 10.2. The maximum absolute atomic E-state index is 9.30. The quantitative estimate of drug-likeness (QED) is 0.871. The van der Waals surface area contributed by atoms with E-state index in [0.717, 1.165) is 5.56 Å². The maximum Gasteiger partial charge on any atom is 0.252 e. The van der Waals surface area contributed by atoms with E-state index in [1.807, 2.05) is 36.4 Å². The first-order valence-corrected chi connectivity index (χ1v) is 5.73. The number of aromatic nitrogens is 3. The minimum Gasteiger partial charge on any atom is -0.310 e. The van der Waals surface area contributed by atoms with Crippen LogP contribution in [0.25, 0.3) is 0 Å². The number of rotatable bonds is 4. The Morgan fingerprint density at radius 2 is 2.00 bits per heavy atom. The Morgan fingerprint density at radius 3 is 2.58 bits per heavy atom. The van der Waals surface area contributed by atoms with Gasteiger partial charge in [-0.2, -0.15) is 10.5 Å². The van der Waals surface area contributed by atoms with Gasteiger partial charge >= 0.3 is 0 Å². The average molecular weight is 252 g/mol. The van der Waals surface area contributed by atoms with Gasteiger partial charge in [0.1, 0.15) is 17.9 Å². The smallest absolute Gasteiger partial charge is 0.252 e. The molecule has 1 unspecified atom stereocenters. The highest BCUT2D eigenvalue weighted by Crippen LogP contribution is 2.21. The fraction of sp³-hybridized carbons (Fsp3) is 0.231. The van der Waals surface area contributed by atoms with Crippen LogP contribution in [0.3, 0.4) is 0 Å². The van der Waals surface area contributed by atoms with Crippen LogP contribution in [0.2, 0.25) is 0 Å². The maximum atomic E-state index is 9.30. The Morgan fingerprint density at radius 1 is 1.26 bits per heavy atom. The van der Waals surface area contributed by atoms with E-state index in [4.69, 9.17) is 11.0 Å². The molecule has 2 N–H and O–H groups in total. The summed E-state index contributed by atoms with van der Waals surface area (Å²) in [4.78, 5) is 3.80. The van der Waals surface area contributed by atoms with Crippen molar-refractivity contribution in [3.05, 3.63) is 48.0 Å². The number of nitrogens with two attached hydrogens (primary N) is 1. The van der Waals surface area contributed by atoms with Crippen molar-refractivity contribution in [2.45, 2.75) is 18.5 Å². The molecule has 0 aliphatic rings. The van der Waals surface area contributed by atoms with E-state index in [-0.39, 0.29) is 5.82 Å². The SMILES string of the molecule is N#Cc1ncn(CCC(N)(C#N)c2ccccc2)n1. The molecule has 0 aliphatic carbocycles. The predicted octanol–water partition coefficient (Wildman–Crippen LogP) is 0.918. The molecule has 1 aromatic heterocycles. The topological polar surface area (TPSA) is 104 Å². The van der Waals surface area contributed by atoms with Crippen LogP contribution in [0.15, 0.2) is 36.7 Å². The Hall–Kier alpha value is -2.70. The van der Waals surface area contributed by atoms with Gasteiger partial charge in [0, 0.05) is 13.0 Å². The third-order valence-electron chi connectivity index (χ3n) is 2.86. The number of nitrogens with zero attached hydrogens (tertiary/aromatic N) is 5. The zero-order valence-electron chi connectivity index (χ0n) is 10.2. The van der Waals surface area contributed by atoms with Crippen LogP contribution < -0.4 is 5.73 Å². The molecule has 0 aliphatic heterocycles. The molecule has 0 radical (unpaired) electrons. The van der Waals surface area contributed by atoms with Crippen molar-refractivity contribution in [3.8, 4) is 12.1 Å². The highest BCUT2D eigenvalue weighted by molar-refractivity contribution is 5.30. The second-order valence-corrected chi connectivity index (χ2v) is 4.14. The van der Waals surface area contributed by atoms with Gasteiger partial charge in [-0.1, -0.05) is 30.3 Å². The molecule has 6 heteroatoms. The van der Waals surface area contributed by atoms with Gasteiger partial charge < -0.3 is 5.73 Å². The Labute approximate surface area is 110 Å². The van der Waals surface area contributed by atoms with Crippen LogP contribution in [-0.4, -0.2) is 14.8 Å². The van der Waals surface area contributed by atoms with Gasteiger partial charge in [-0.25, -0.2) is 4.98 Å². The summed E-state index contributed by atoms with van der Waals surface area (Å²) in [7, 11) is 0. The number of aryl methyl sites for hydroxylation is 1. The van der Waals surface area contributed by atoms with Gasteiger partial charge in [-0.05, 0) is 5.56 Å². The molecule has 0 spiro atoms. The van der Waals surface area contributed by atoms with Crippen molar-refractivity contribution >= 4 is 0 Å². The van der Waals surface area contributed by atoms with E-state index in [0.29, 0.717) is 13.0 Å². The predicted molar refractivity (Wildman–Crippen MR) is 67.3 cm³/mol. The lowest BCUT2D eigenvalue weighted by atomic mass is 9.89. The molecular weight excluding hydrogens is 240 g/mol. The van der Waals surface area contributed by atoms with Crippen molar-refractivity contribution in [2.24, 2.45) is 5.73 Å². The molecule has 0 saturated heterocycles. The fourth-order valence-corrected chi connectivity index (χ4v) is 1.74. The molecule has 0 saturated carbocycles. The van der Waals surface area contributed by atoms with Gasteiger partial charge in [-0.3, -0.25) is 4.68 Å². The lowest BCUT2D eigenvalue weighted by molar-refractivity contribution is 0.450. The Kier molecular flexibility index (Phi) is 3.56. The average Bonchev–Trinajstić information content (AvgIpc) is 2.94. The van der Waals surface area contributed by atoms with E-state index >= 15 is 0 Å². The Balaban J connectivity index is 2.12. The monoisotopic (exact) mass is 252 g/mol. The molecule has 2 rings (SSSR count). The van der Waals surface area contributed by atoms with Crippen molar-refractivity contribution in [3.63, 3.8) is 0 Å². The summed E-state index contributed by atoms with van der Waals surface area (Å²) in [6.45, 7) is 0.424. The van der Waals surface area contributed by atoms with Gasteiger partial charge in [0.2, 0.25) is 0 Å². The summed E-state index contributed by atoms with van der Waals surface area (Å²) >= 11 is 0. The molecule has 94 valence electrons. The number of hydrogen-bond donors (Lipinski definition) is 1. The lowest BCUT2D eigenvalue weighted by Crippen LogP contribution is -2.36. The van der Waals surface area contributed by atoms with Gasteiger partial charge in [-0.15, -0.1) is 5.10 Å². The lowest BCUT2D eigenvalue weighted by Gasteiger charge is -2.21. The van der Waals surface area contributed by atoms with E-state index in [9.17, 15) is 5.26 Å². The fourth-order valence-electron chi connectivity index (χ4n) is 1.74.